The first kappa shape index (κ1) is 15.9. The summed E-state index contributed by atoms with van der Waals surface area (Å²) in [4.78, 5) is 12.0. The second-order valence-corrected chi connectivity index (χ2v) is 6.38. The van der Waals surface area contributed by atoms with E-state index >= 15 is 0 Å². The van der Waals surface area contributed by atoms with E-state index < -0.39 is 0 Å². The second kappa shape index (κ2) is 8.10. The molecule has 0 spiro atoms. The SMILES string of the molecule is CCSCc1cccc(NC(=O)N[C@@H]2C=C[C@H](CO)C2)c1. The van der Waals surface area contributed by atoms with Gasteiger partial charge in [0.15, 0.2) is 0 Å². The first-order valence-electron chi connectivity index (χ1n) is 7.24. The molecule has 1 aliphatic rings. The molecule has 0 fully saturated rings. The van der Waals surface area contributed by atoms with Gasteiger partial charge in [-0.05, 0) is 29.9 Å². The van der Waals surface area contributed by atoms with Crippen molar-refractivity contribution in [2.75, 3.05) is 17.7 Å². The normalized spacial score (nSPS) is 20.5. The number of benzene rings is 1. The topological polar surface area (TPSA) is 61.4 Å². The maximum Gasteiger partial charge on any atom is 0.319 e. The summed E-state index contributed by atoms with van der Waals surface area (Å²) in [6.07, 6.45) is 4.65. The van der Waals surface area contributed by atoms with E-state index in [4.69, 9.17) is 5.11 Å². The molecule has 0 saturated heterocycles. The maximum atomic E-state index is 12.0. The summed E-state index contributed by atoms with van der Waals surface area (Å²) in [5.74, 6) is 2.19. The monoisotopic (exact) mass is 306 g/mol. The second-order valence-electron chi connectivity index (χ2n) is 5.11. The van der Waals surface area contributed by atoms with Gasteiger partial charge in [-0.25, -0.2) is 4.79 Å². The number of amides is 2. The zero-order valence-electron chi connectivity index (χ0n) is 12.2. The molecule has 21 heavy (non-hydrogen) atoms. The van der Waals surface area contributed by atoms with Crippen molar-refractivity contribution in [2.24, 2.45) is 5.92 Å². The number of rotatable bonds is 6. The van der Waals surface area contributed by atoms with Crippen molar-refractivity contribution in [1.82, 2.24) is 5.32 Å². The molecule has 0 heterocycles. The van der Waals surface area contributed by atoms with Gasteiger partial charge in [0, 0.05) is 30.0 Å². The standard InChI is InChI=1S/C16H22N2O2S/c1-2-21-11-13-4-3-5-14(9-13)17-16(20)18-15-7-6-12(8-15)10-19/h3-7,9,12,15,19H,2,8,10-11H2,1H3,(H2,17,18,20)/t12-,15+/m0/s1. The van der Waals surface area contributed by atoms with Crippen molar-refractivity contribution in [3.8, 4) is 0 Å². The van der Waals surface area contributed by atoms with E-state index in [-0.39, 0.29) is 24.6 Å². The van der Waals surface area contributed by atoms with E-state index in [1.807, 2.05) is 42.1 Å². The Kier molecular flexibility index (Phi) is 6.14. The number of aliphatic hydroxyl groups is 1. The van der Waals surface area contributed by atoms with Gasteiger partial charge in [0.1, 0.15) is 0 Å². The number of carbonyl (C=O) groups is 1. The van der Waals surface area contributed by atoms with Crippen molar-refractivity contribution in [3.63, 3.8) is 0 Å². The largest absolute Gasteiger partial charge is 0.396 e. The zero-order valence-corrected chi connectivity index (χ0v) is 13.0. The minimum Gasteiger partial charge on any atom is -0.396 e. The van der Waals surface area contributed by atoms with E-state index in [2.05, 4.69) is 23.6 Å². The number of nitrogens with one attached hydrogen (secondary N) is 2. The zero-order chi connectivity index (χ0) is 15.1. The molecular formula is C16H22N2O2S. The van der Waals surface area contributed by atoms with Crippen LogP contribution >= 0.6 is 11.8 Å². The summed E-state index contributed by atoms with van der Waals surface area (Å²) < 4.78 is 0. The molecule has 2 amide bonds. The quantitative estimate of drug-likeness (QED) is 0.708. The van der Waals surface area contributed by atoms with Crippen LogP contribution in [0.25, 0.3) is 0 Å². The number of hydrogen-bond donors (Lipinski definition) is 3. The first-order chi connectivity index (χ1) is 10.2. The fourth-order valence-corrected chi connectivity index (χ4v) is 2.93. The molecule has 4 nitrogen and oxygen atoms in total. The number of urea groups is 1. The van der Waals surface area contributed by atoms with E-state index in [1.165, 1.54) is 5.56 Å². The van der Waals surface area contributed by atoms with Crippen molar-refractivity contribution in [1.29, 1.82) is 0 Å². The van der Waals surface area contributed by atoms with Crippen LogP contribution in [0.5, 0.6) is 0 Å². The van der Waals surface area contributed by atoms with Gasteiger partial charge in [0.05, 0.1) is 0 Å². The van der Waals surface area contributed by atoms with Gasteiger partial charge in [0.2, 0.25) is 0 Å². The van der Waals surface area contributed by atoms with E-state index in [9.17, 15) is 4.79 Å². The Labute approximate surface area is 130 Å². The number of anilines is 1. The molecule has 1 aromatic carbocycles. The van der Waals surface area contributed by atoms with Gasteiger partial charge in [-0.15, -0.1) is 0 Å². The van der Waals surface area contributed by atoms with Crippen LogP contribution in [0.15, 0.2) is 36.4 Å². The molecule has 3 N–H and O–H groups in total. The van der Waals surface area contributed by atoms with Gasteiger partial charge in [-0.3, -0.25) is 0 Å². The van der Waals surface area contributed by atoms with E-state index in [0.717, 1.165) is 23.6 Å². The van der Waals surface area contributed by atoms with Gasteiger partial charge in [0.25, 0.3) is 0 Å². The Balaban J connectivity index is 1.84. The highest BCUT2D eigenvalue weighted by Crippen LogP contribution is 2.18. The number of aliphatic hydroxyl groups excluding tert-OH is 1. The highest BCUT2D eigenvalue weighted by atomic mass is 32.2. The van der Waals surface area contributed by atoms with Gasteiger partial charge in [-0.2, -0.15) is 11.8 Å². The van der Waals surface area contributed by atoms with Crippen LogP contribution in [0.2, 0.25) is 0 Å². The van der Waals surface area contributed by atoms with E-state index in [0.29, 0.717) is 0 Å². The third kappa shape index (κ3) is 5.10. The molecule has 1 aromatic rings. The summed E-state index contributed by atoms with van der Waals surface area (Å²) in [7, 11) is 0. The Bertz CT molecular complexity index is 505. The Morgan fingerprint density at radius 1 is 1.43 bits per heavy atom. The van der Waals surface area contributed by atoms with Crippen molar-refractivity contribution >= 4 is 23.5 Å². The summed E-state index contributed by atoms with van der Waals surface area (Å²) in [6, 6.07) is 7.71. The highest BCUT2D eigenvalue weighted by Gasteiger charge is 2.19. The fourth-order valence-electron chi connectivity index (χ4n) is 2.31. The lowest BCUT2D eigenvalue weighted by Gasteiger charge is -2.14. The number of hydrogen-bond acceptors (Lipinski definition) is 3. The van der Waals surface area contributed by atoms with Gasteiger partial charge in [-0.1, -0.05) is 31.2 Å². The summed E-state index contributed by atoms with van der Waals surface area (Å²) in [5.41, 5.74) is 2.02. The Morgan fingerprint density at radius 2 is 2.29 bits per heavy atom. The molecule has 5 heteroatoms. The molecule has 0 unspecified atom stereocenters. The Hall–Kier alpha value is -1.46. The lowest BCUT2D eigenvalue weighted by Crippen LogP contribution is -2.36. The Morgan fingerprint density at radius 3 is 3.00 bits per heavy atom. The van der Waals surface area contributed by atoms with Gasteiger partial charge < -0.3 is 15.7 Å². The molecule has 2 rings (SSSR count). The van der Waals surface area contributed by atoms with Crippen LogP contribution in [0.4, 0.5) is 10.5 Å². The molecule has 0 aliphatic heterocycles. The average Bonchev–Trinajstić information content (AvgIpc) is 2.93. The smallest absolute Gasteiger partial charge is 0.319 e. The maximum absolute atomic E-state index is 12.0. The third-order valence-corrected chi connectivity index (χ3v) is 4.33. The lowest BCUT2D eigenvalue weighted by molar-refractivity contribution is 0.238. The van der Waals surface area contributed by atoms with Gasteiger partial charge >= 0.3 is 6.03 Å². The van der Waals surface area contributed by atoms with Crippen LogP contribution in [-0.2, 0) is 5.75 Å². The lowest BCUT2D eigenvalue weighted by atomic mass is 10.1. The molecule has 0 aromatic heterocycles. The summed E-state index contributed by atoms with van der Waals surface area (Å²) in [6.45, 7) is 2.27. The van der Waals surface area contributed by atoms with Crippen molar-refractivity contribution in [3.05, 3.63) is 42.0 Å². The summed E-state index contributed by atoms with van der Waals surface area (Å²) >= 11 is 1.86. The summed E-state index contributed by atoms with van der Waals surface area (Å²) in [5, 5.41) is 14.8. The molecule has 1 aliphatic carbocycles. The molecule has 114 valence electrons. The minimum atomic E-state index is -0.205. The predicted molar refractivity (Wildman–Crippen MR) is 88.6 cm³/mol. The van der Waals surface area contributed by atoms with Crippen molar-refractivity contribution in [2.45, 2.75) is 25.1 Å². The van der Waals surface area contributed by atoms with Crippen LogP contribution in [0.1, 0.15) is 18.9 Å². The fraction of sp³-hybridized carbons (Fsp3) is 0.438. The molecule has 0 saturated carbocycles. The van der Waals surface area contributed by atoms with Crippen LogP contribution in [0.3, 0.4) is 0 Å². The predicted octanol–water partition coefficient (Wildman–Crippen LogP) is 3.00. The third-order valence-electron chi connectivity index (χ3n) is 3.38. The minimum absolute atomic E-state index is 0.000907. The average molecular weight is 306 g/mol. The van der Waals surface area contributed by atoms with E-state index in [1.54, 1.807) is 0 Å². The first-order valence-corrected chi connectivity index (χ1v) is 8.40. The van der Waals surface area contributed by atoms with Crippen molar-refractivity contribution < 1.29 is 9.90 Å². The molecule has 2 atom stereocenters. The highest BCUT2D eigenvalue weighted by molar-refractivity contribution is 7.98. The molecular weight excluding hydrogens is 284 g/mol. The van der Waals surface area contributed by atoms with Crippen LogP contribution < -0.4 is 10.6 Å². The van der Waals surface area contributed by atoms with Crippen LogP contribution in [0, 0.1) is 5.92 Å². The number of thioether (sulfide) groups is 1. The van der Waals surface area contributed by atoms with Crippen LogP contribution in [-0.4, -0.2) is 29.5 Å². The molecule has 0 radical (unpaired) electrons. The molecule has 0 bridgehead atoms. The number of carbonyl (C=O) groups excluding carboxylic acids is 1.